The number of benzene rings is 3. The maximum absolute atomic E-state index is 12.2. The summed E-state index contributed by atoms with van der Waals surface area (Å²) in [6, 6.07) is 25.0. The number of esters is 1. The molecule has 0 aliphatic heterocycles. The Morgan fingerprint density at radius 2 is 1.62 bits per heavy atom. The molecule has 0 atom stereocenters. The van der Waals surface area contributed by atoms with Crippen LogP contribution in [0.2, 0.25) is 5.02 Å². The second-order valence-electron chi connectivity index (χ2n) is 5.47. The molecule has 2 nitrogen and oxygen atoms in total. The summed E-state index contributed by atoms with van der Waals surface area (Å²) in [6.07, 6.45) is 0.913. The third-order valence-electron chi connectivity index (χ3n) is 3.70. The largest absolute Gasteiger partial charge is 0.426 e. The average Bonchev–Trinajstić information content (AvgIpc) is 2.61. The molecule has 0 bridgehead atoms. The number of rotatable bonds is 5. The molecule has 0 aliphatic carbocycles. The molecule has 3 rings (SSSR count). The van der Waals surface area contributed by atoms with Gasteiger partial charge in [-0.3, -0.25) is 4.79 Å². The Kier molecular flexibility index (Phi) is 5.29. The molecule has 120 valence electrons. The fraction of sp³-hybridized carbons (Fsp3) is 0.0952. The monoisotopic (exact) mass is 336 g/mol. The first-order valence-corrected chi connectivity index (χ1v) is 8.20. The Morgan fingerprint density at radius 1 is 0.875 bits per heavy atom. The van der Waals surface area contributed by atoms with Crippen LogP contribution in [-0.2, 0) is 11.2 Å². The van der Waals surface area contributed by atoms with Crippen molar-refractivity contribution in [3.63, 3.8) is 0 Å². The lowest BCUT2D eigenvalue weighted by molar-refractivity contribution is -0.134. The van der Waals surface area contributed by atoms with Gasteiger partial charge in [-0.25, -0.2) is 0 Å². The Balaban J connectivity index is 1.69. The van der Waals surface area contributed by atoms with E-state index in [0.717, 1.165) is 16.7 Å². The minimum Gasteiger partial charge on any atom is -0.426 e. The predicted octanol–water partition coefficient (Wildman–Crippen LogP) is 5.55. The van der Waals surface area contributed by atoms with Gasteiger partial charge in [0.2, 0.25) is 0 Å². The Labute approximate surface area is 146 Å². The lowest BCUT2D eigenvalue weighted by Crippen LogP contribution is -2.09. The van der Waals surface area contributed by atoms with Gasteiger partial charge >= 0.3 is 5.97 Å². The van der Waals surface area contributed by atoms with Crippen molar-refractivity contribution in [2.24, 2.45) is 0 Å². The Hall–Kier alpha value is -2.58. The fourth-order valence-corrected chi connectivity index (χ4v) is 2.74. The first kappa shape index (κ1) is 16.3. The average molecular weight is 337 g/mol. The van der Waals surface area contributed by atoms with Crippen LogP contribution in [0.1, 0.15) is 12.0 Å². The fourth-order valence-electron chi connectivity index (χ4n) is 2.52. The molecular weight excluding hydrogens is 320 g/mol. The summed E-state index contributed by atoms with van der Waals surface area (Å²) in [6.45, 7) is 0. The number of carbonyl (C=O) groups is 1. The molecule has 0 fully saturated rings. The van der Waals surface area contributed by atoms with E-state index in [2.05, 4.69) is 0 Å². The highest BCUT2D eigenvalue weighted by Gasteiger charge is 2.10. The molecule has 0 heterocycles. The van der Waals surface area contributed by atoms with Crippen molar-refractivity contribution in [2.45, 2.75) is 12.8 Å². The van der Waals surface area contributed by atoms with Gasteiger partial charge in [0, 0.05) is 17.0 Å². The first-order valence-electron chi connectivity index (χ1n) is 7.82. The number of aryl methyl sites for hydroxylation is 1. The van der Waals surface area contributed by atoms with E-state index in [1.54, 1.807) is 0 Å². The van der Waals surface area contributed by atoms with Crippen LogP contribution in [0.3, 0.4) is 0 Å². The van der Waals surface area contributed by atoms with Crippen LogP contribution < -0.4 is 4.74 Å². The summed E-state index contributed by atoms with van der Waals surface area (Å²) in [7, 11) is 0. The van der Waals surface area contributed by atoms with Gasteiger partial charge in [-0.05, 0) is 35.7 Å². The SMILES string of the molecule is O=C(CCc1cccc(Cl)c1)Oc1ccccc1-c1ccccc1. The molecule has 3 heteroatoms. The van der Waals surface area contributed by atoms with Crippen molar-refractivity contribution in [2.75, 3.05) is 0 Å². The van der Waals surface area contributed by atoms with Gasteiger partial charge in [-0.2, -0.15) is 0 Å². The van der Waals surface area contributed by atoms with Gasteiger partial charge in [-0.1, -0.05) is 72.3 Å². The molecule has 0 spiro atoms. The molecule has 0 aromatic heterocycles. The molecule has 3 aromatic rings. The summed E-state index contributed by atoms with van der Waals surface area (Å²) >= 11 is 5.96. The van der Waals surface area contributed by atoms with E-state index in [4.69, 9.17) is 16.3 Å². The number of halogens is 1. The lowest BCUT2D eigenvalue weighted by Gasteiger charge is -2.10. The Morgan fingerprint density at radius 3 is 2.42 bits per heavy atom. The summed E-state index contributed by atoms with van der Waals surface area (Å²) in [5.41, 5.74) is 2.96. The molecule has 3 aromatic carbocycles. The third kappa shape index (κ3) is 4.24. The Bertz CT molecular complexity index is 828. The van der Waals surface area contributed by atoms with Crippen molar-refractivity contribution in [3.05, 3.63) is 89.4 Å². The van der Waals surface area contributed by atoms with Gasteiger partial charge < -0.3 is 4.74 Å². The van der Waals surface area contributed by atoms with E-state index in [-0.39, 0.29) is 5.97 Å². The molecule has 24 heavy (non-hydrogen) atoms. The number of carbonyl (C=O) groups excluding carboxylic acids is 1. The standard InChI is InChI=1S/C21H17ClO2/c22-18-10-6-7-16(15-18)13-14-21(23)24-20-12-5-4-11-19(20)17-8-2-1-3-9-17/h1-12,15H,13-14H2. The summed E-state index contributed by atoms with van der Waals surface area (Å²) in [4.78, 5) is 12.2. The topological polar surface area (TPSA) is 26.3 Å². The van der Waals surface area contributed by atoms with E-state index in [0.29, 0.717) is 23.6 Å². The minimum absolute atomic E-state index is 0.252. The highest BCUT2D eigenvalue weighted by atomic mass is 35.5. The zero-order valence-electron chi connectivity index (χ0n) is 13.1. The highest BCUT2D eigenvalue weighted by molar-refractivity contribution is 6.30. The summed E-state index contributed by atoms with van der Waals surface area (Å²) in [5.74, 6) is 0.332. The highest BCUT2D eigenvalue weighted by Crippen LogP contribution is 2.29. The molecule has 0 unspecified atom stereocenters. The van der Waals surface area contributed by atoms with E-state index < -0.39 is 0 Å². The minimum atomic E-state index is -0.252. The maximum atomic E-state index is 12.2. The third-order valence-corrected chi connectivity index (χ3v) is 3.94. The van der Waals surface area contributed by atoms with Gasteiger partial charge in [-0.15, -0.1) is 0 Å². The van der Waals surface area contributed by atoms with Crippen LogP contribution in [-0.4, -0.2) is 5.97 Å². The second-order valence-corrected chi connectivity index (χ2v) is 5.90. The van der Waals surface area contributed by atoms with Gasteiger partial charge in [0.15, 0.2) is 0 Å². The number of hydrogen-bond acceptors (Lipinski definition) is 2. The smallest absolute Gasteiger partial charge is 0.311 e. The summed E-state index contributed by atoms with van der Waals surface area (Å²) < 4.78 is 5.58. The second kappa shape index (κ2) is 7.80. The molecule has 0 amide bonds. The summed E-state index contributed by atoms with van der Waals surface area (Å²) in [5, 5.41) is 0.676. The van der Waals surface area contributed by atoms with E-state index >= 15 is 0 Å². The van der Waals surface area contributed by atoms with Crippen molar-refractivity contribution in [3.8, 4) is 16.9 Å². The van der Waals surface area contributed by atoms with Crippen LogP contribution in [0.25, 0.3) is 11.1 Å². The number of para-hydroxylation sites is 1. The molecule has 0 saturated heterocycles. The van der Waals surface area contributed by atoms with E-state index in [9.17, 15) is 4.79 Å². The van der Waals surface area contributed by atoms with Crippen molar-refractivity contribution in [1.82, 2.24) is 0 Å². The van der Waals surface area contributed by atoms with Crippen molar-refractivity contribution < 1.29 is 9.53 Å². The molecule has 0 saturated carbocycles. The quantitative estimate of drug-likeness (QED) is 0.451. The van der Waals surface area contributed by atoms with Crippen LogP contribution in [0, 0.1) is 0 Å². The van der Waals surface area contributed by atoms with E-state index in [1.165, 1.54) is 0 Å². The molecule has 0 N–H and O–H groups in total. The first-order chi connectivity index (χ1) is 11.7. The predicted molar refractivity (Wildman–Crippen MR) is 97.3 cm³/mol. The van der Waals surface area contributed by atoms with Crippen LogP contribution in [0.4, 0.5) is 0 Å². The van der Waals surface area contributed by atoms with Gasteiger partial charge in [0.25, 0.3) is 0 Å². The molecule has 0 radical (unpaired) electrons. The normalized spacial score (nSPS) is 10.4. The molecule has 0 aliphatic rings. The van der Waals surface area contributed by atoms with Crippen LogP contribution in [0.5, 0.6) is 5.75 Å². The maximum Gasteiger partial charge on any atom is 0.311 e. The van der Waals surface area contributed by atoms with Gasteiger partial charge in [0.1, 0.15) is 5.75 Å². The number of hydrogen-bond donors (Lipinski definition) is 0. The van der Waals surface area contributed by atoms with Crippen LogP contribution >= 0.6 is 11.6 Å². The number of ether oxygens (including phenoxy) is 1. The van der Waals surface area contributed by atoms with E-state index in [1.807, 2.05) is 78.9 Å². The zero-order valence-corrected chi connectivity index (χ0v) is 13.9. The zero-order chi connectivity index (χ0) is 16.8. The molecular formula is C21H17ClO2. The van der Waals surface area contributed by atoms with Crippen molar-refractivity contribution in [1.29, 1.82) is 0 Å². The lowest BCUT2D eigenvalue weighted by atomic mass is 10.0. The van der Waals surface area contributed by atoms with Crippen LogP contribution in [0.15, 0.2) is 78.9 Å². The van der Waals surface area contributed by atoms with Gasteiger partial charge in [0.05, 0.1) is 0 Å². The van der Waals surface area contributed by atoms with Crippen molar-refractivity contribution >= 4 is 17.6 Å².